The summed E-state index contributed by atoms with van der Waals surface area (Å²) in [6, 6.07) is 0. The van der Waals surface area contributed by atoms with Crippen molar-refractivity contribution in [2.75, 3.05) is 6.54 Å². The van der Waals surface area contributed by atoms with Crippen LogP contribution >= 0.6 is 15.9 Å². The molecular formula is C7H12BrNO. The van der Waals surface area contributed by atoms with E-state index in [9.17, 15) is 4.79 Å². The molecule has 0 radical (unpaired) electrons. The number of allylic oxidation sites excluding steroid dienone is 1. The summed E-state index contributed by atoms with van der Waals surface area (Å²) in [6.45, 7) is 3.06. The molecule has 0 aromatic rings. The van der Waals surface area contributed by atoms with Gasteiger partial charge in [0.05, 0.1) is 4.48 Å². The number of carbonyl (C=O) groups excluding carboxylic acids is 1. The lowest BCUT2D eigenvalue weighted by molar-refractivity contribution is -0.104. The number of hydrogen-bond donors (Lipinski definition) is 1. The van der Waals surface area contributed by atoms with Crippen LogP contribution in [0.3, 0.4) is 0 Å². The molecule has 3 heteroatoms. The molecule has 58 valence electrons. The van der Waals surface area contributed by atoms with Gasteiger partial charge in [0.1, 0.15) is 0 Å². The monoisotopic (exact) mass is 205 g/mol. The Morgan fingerprint density at radius 3 is 2.90 bits per heavy atom. The fourth-order valence-electron chi connectivity index (χ4n) is 0.483. The Morgan fingerprint density at radius 2 is 2.40 bits per heavy atom. The molecule has 0 aromatic carbocycles. The Hall–Kier alpha value is -0.310. The van der Waals surface area contributed by atoms with E-state index in [1.165, 1.54) is 6.42 Å². The molecular weight excluding hydrogens is 194 g/mol. The highest BCUT2D eigenvalue weighted by Crippen LogP contribution is 1.96. The van der Waals surface area contributed by atoms with Gasteiger partial charge in [-0.3, -0.25) is 4.79 Å². The van der Waals surface area contributed by atoms with E-state index in [-0.39, 0.29) is 0 Å². The summed E-state index contributed by atoms with van der Waals surface area (Å²) in [6.07, 6.45) is 4.73. The van der Waals surface area contributed by atoms with Crippen molar-refractivity contribution in [3.63, 3.8) is 0 Å². The summed E-state index contributed by atoms with van der Waals surface area (Å²) in [5, 5.41) is 3.00. The molecule has 1 N–H and O–H groups in total. The van der Waals surface area contributed by atoms with Crippen LogP contribution in [0.2, 0.25) is 0 Å². The van der Waals surface area contributed by atoms with Crippen molar-refractivity contribution < 1.29 is 4.79 Å². The molecule has 0 saturated carbocycles. The second-order valence-electron chi connectivity index (χ2n) is 1.95. The van der Waals surface area contributed by atoms with Crippen molar-refractivity contribution in [3.05, 3.63) is 10.7 Å². The maximum absolute atomic E-state index is 10.0. The minimum absolute atomic E-state index is 0.559. The van der Waals surface area contributed by atoms with E-state index in [4.69, 9.17) is 0 Å². The summed E-state index contributed by atoms with van der Waals surface area (Å²) in [5.74, 6) is 0. The molecule has 0 atom stereocenters. The van der Waals surface area contributed by atoms with Crippen molar-refractivity contribution in [2.45, 2.75) is 19.8 Å². The molecule has 10 heavy (non-hydrogen) atoms. The number of hydrogen-bond acceptors (Lipinski definition) is 2. The van der Waals surface area contributed by atoms with Crippen molar-refractivity contribution in [1.82, 2.24) is 5.32 Å². The topological polar surface area (TPSA) is 29.1 Å². The first-order chi connectivity index (χ1) is 4.81. The van der Waals surface area contributed by atoms with E-state index in [2.05, 4.69) is 28.2 Å². The van der Waals surface area contributed by atoms with E-state index in [1.807, 2.05) is 0 Å². The van der Waals surface area contributed by atoms with Gasteiger partial charge in [0.2, 0.25) is 0 Å². The highest BCUT2D eigenvalue weighted by atomic mass is 79.9. The molecule has 0 unspecified atom stereocenters. The smallest absolute Gasteiger partial charge is 0.158 e. The lowest BCUT2D eigenvalue weighted by Gasteiger charge is -1.96. The number of halogens is 1. The average Bonchev–Trinajstić information content (AvgIpc) is 1.98. The Labute approximate surface area is 69.8 Å². The second-order valence-corrected chi connectivity index (χ2v) is 2.87. The Kier molecular flexibility index (Phi) is 6.59. The molecule has 0 rings (SSSR count). The molecule has 0 heterocycles. The van der Waals surface area contributed by atoms with Crippen LogP contribution in [0, 0.1) is 0 Å². The summed E-state index contributed by atoms with van der Waals surface area (Å²) in [4.78, 5) is 10.0. The molecule has 0 aromatic heterocycles. The van der Waals surface area contributed by atoms with Crippen LogP contribution in [-0.2, 0) is 4.79 Å². The average molecular weight is 206 g/mol. The highest BCUT2D eigenvalue weighted by Gasteiger charge is 1.84. The predicted octanol–water partition coefficient (Wildman–Crippen LogP) is 1.81. The summed E-state index contributed by atoms with van der Waals surface area (Å²) >= 11 is 3.06. The van der Waals surface area contributed by atoms with Crippen molar-refractivity contribution in [2.24, 2.45) is 0 Å². The van der Waals surface area contributed by atoms with Gasteiger partial charge in [0, 0.05) is 12.7 Å². The second kappa shape index (κ2) is 6.81. The van der Waals surface area contributed by atoms with E-state index in [1.54, 1.807) is 6.20 Å². The van der Waals surface area contributed by atoms with E-state index in [0.717, 1.165) is 19.3 Å². The van der Waals surface area contributed by atoms with Crippen molar-refractivity contribution >= 4 is 22.2 Å². The van der Waals surface area contributed by atoms with Gasteiger partial charge >= 0.3 is 0 Å². The van der Waals surface area contributed by atoms with E-state index in [0.29, 0.717) is 4.48 Å². The van der Waals surface area contributed by atoms with Gasteiger partial charge in [-0.05, 0) is 22.4 Å². The van der Waals surface area contributed by atoms with Gasteiger partial charge in [-0.1, -0.05) is 13.3 Å². The maximum atomic E-state index is 10.0. The molecule has 0 saturated heterocycles. The van der Waals surface area contributed by atoms with Crippen LogP contribution in [0.5, 0.6) is 0 Å². The van der Waals surface area contributed by atoms with Crippen molar-refractivity contribution in [1.29, 1.82) is 0 Å². The van der Waals surface area contributed by atoms with Gasteiger partial charge in [0.15, 0.2) is 6.29 Å². The Balaban J connectivity index is 3.24. The summed E-state index contributed by atoms with van der Waals surface area (Å²) in [7, 11) is 0. The molecule has 0 spiro atoms. The standard InChI is InChI=1S/C7H12BrNO/c1-2-3-4-9-5-7(8)6-10/h5-6,9H,2-4H2,1H3/b7-5-. The third-order valence-electron chi connectivity index (χ3n) is 1.03. The molecule has 0 bridgehead atoms. The maximum Gasteiger partial charge on any atom is 0.158 e. The van der Waals surface area contributed by atoms with Crippen LogP contribution in [0.15, 0.2) is 10.7 Å². The first-order valence-corrected chi connectivity index (χ1v) is 4.14. The SMILES string of the molecule is CCCCN/C=C(\Br)C=O. The fourth-order valence-corrected chi connectivity index (χ4v) is 0.644. The van der Waals surface area contributed by atoms with Crippen LogP contribution in [0.1, 0.15) is 19.8 Å². The number of nitrogens with one attached hydrogen (secondary N) is 1. The lowest BCUT2D eigenvalue weighted by atomic mass is 10.3. The quantitative estimate of drug-likeness (QED) is 0.422. The highest BCUT2D eigenvalue weighted by molar-refractivity contribution is 9.12. The Morgan fingerprint density at radius 1 is 1.70 bits per heavy atom. The largest absolute Gasteiger partial charge is 0.390 e. The van der Waals surface area contributed by atoms with Gasteiger partial charge in [0.25, 0.3) is 0 Å². The van der Waals surface area contributed by atoms with Crippen molar-refractivity contribution in [3.8, 4) is 0 Å². The van der Waals surface area contributed by atoms with E-state index >= 15 is 0 Å². The van der Waals surface area contributed by atoms with Crippen LogP contribution in [0.4, 0.5) is 0 Å². The molecule has 2 nitrogen and oxygen atoms in total. The third kappa shape index (κ3) is 5.82. The number of aldehydes is 1. The lowest BCUT2D eigenvalue weighted by Crippen LogP contribution is -2.06. The molecule has 0 amide bonds. The van der Waals surface area contributed by atoms with Crippen LogP contribution < -0.4 is 5.32 Å². The number of rotatable bonds is 5. The fraction of sp³-hybridized carbons (Fsp3) is 0.571. The number of unbranched alkanes of at least 4 members (excludes halogenated alkanes) is 1. The van der Waals surface area contributed by atoms with Gasteiger partial charge in [-0.25, -0.2) is 0 Å². The normalized spacial score (nSPS) is 11.2. The third-order valence-corrected chi connectivity index (χ3v) is 1.44. The molecule has 0 fully saturated rings. The molecule has 0 aliphatic carbocycles. The van der Waals surface area contributed by atoms with E-state index < -0.39 is 0 Å². The minimum Gasteiger partial charge on any atom is -0.390 e. The van der Waals surface area contributed by atoms with Gasteiger partial charge < -0.3 is 5.32 Å². The molecule has 0 aliphatic rings. The first-order valence-electron chi connectivity index (χ1n) is 3.35. The van der Waals surface area contributed by atoms with Crippen LogP contribution in [-0.4, -0.2) is 12.8 Å². The predicted molar refractivity (Wildman–Crippen MR) is 46.0 cm³/mol. The summed E-state index contributed by atoms with van der Waals surface area (Å²) < 4.78 is 0.559. The summed E-state index contributed by atoms with van der Waals surface area (Å²) in [5.41, 5.74) is 0. The van der Waals surface area contributed by atoms with Gasteiger partial charge in [-0.2, -0.15) is 0 Å². The Bertz CT molecular complexity index is 123. The zero-order valence-electron chi connectivity index (χ0n) is 6.06. The zero-order valence-corrected chi connectivity index (χ0v) is 7.65. The number of carbonyl (C=O) groups is 1. The first kappa shape index (κ1) is 9.69. The molecule has 0 aliphatic heterocycles. The van der Waals surface area contributed by atoms with Crippen LogP contribution in [0.25, 0.3) is 0 Å². The zero-order chi connectivity index (χ0) is 7.82. The minimum atomic E-state index is 0.559. The van der Waals surface area contributed by atoms with Gasteiger partial charge in [-0.15, -0.1) is 0 Å².